The van der Waals surface area contributed by atoms with Gasteiger partial charge in [-0.25, -0.2) is 8.42 Å². The molecule has 0 aliphatic carbocycles. The van der Waals surface area contributed by atoms with Gasteiger partial charge in [-0.1, -0.05) is 0 Å². The Kier molecular flexibility index (Phi) is 5.37. The van der Waals surface area contributed by atoms with E-state index >= 15 is 0 Å². The fourth-order valence-corrected chi connectivity index (χ4v) is 5.60. The Labute approximate surface area is 129 Å². The van der Waals surface area contributed by atoms with Crippen LogP contribution in [0, 0.1) is 0 Å². The molecule has 118 valence electrons. The van der Waals surface area contributed by atoms with E-state index in [0.29, 0.717) is 23.8 Å². The summed E-state index contributed by atoms with van der Waals surface area (Å²) in [5.74, 6) is -0.124. The molecule has 2 N–H and O–H groups in total. The highest BCUT2D eigenvalue weighted by Crippen LogP contribution is 2.30. The summed E-state index contributed by atoms with van der Waals surface area (Å²) in [6, 6.07) is 3.42. The molecule has 0 unspecified atom stereocenters. The molecule has 1 atom stereocenters. The van der Waals surface area contributed by atoms with Gasteiger partial charge in [-0.05, 0) is 32.0 Å². The third kappa shape index (κ3) is 3.82. The second-order valence-electron chi connectivity index (χ2n) is 5.10. The Bertz CT molecular complexity index is 598. The zero-order valence-electron chi connectivity index (χ0n) is 12.3. The average Bonchev–Trinajstić information content (AvgIpc) is 3.05. The molecule has 1 aromatic rings. The Hall–Kier alpha value is -0.960. The molecule has 1 aromatic heterocycles. The fraction of sp³-hybridized carbons (Fsp3) is 0.615. The molecule has 0 aromatic carbocycles. The Morgan fingerprint density at radius 1 is 1.48 bits per heavy atom. The van der Waals surface area contributed by atoms with Crippen molar-refractivity contribution >= 4 is 27.3 Å². The van der Waals surface area contributed by atoms with Crippen LogP contribution >= 0.6 is 11.3 Å². The van der Waals surface area contributed by atoms with Gasteiger partial charge in [0.15, 0.2) is 0 Å². The van der Waals surface area contributed by atoms with Gasteiger partial charge in [-0.3, -0.25) is 4.79 Å². The molecular formula is C13H21N3O3S2. The molecule has 21 heavy (non-hydrogen) atoms. The minimum absolute atomic E-state index is 0.0286. The fourth-order valence-electron chi connectivity index (χ4n) is 2.48. The normalized spacial score (nSPS) is 19.8. The van der Waals surface area contributed by atoms with E-state index in [1.165, 1.54) is 18.3 Å². The van der Waals surface area contributed by atoms with Crippen molar-refractivity contribution in [1.82, 2.24) is 14.9 Å². The number of amides is 1. The molecule has 8 heteroatoms. The summed E-state index contributed by atoms with van der Waals surface area (Å²) >= 11 is 1.22. The third-order valence-electron chi connectivity index (χ3n) is 3.47. The maximum Gasteiger partial charge on any atom is 0.252 e. The number of hydrogen-bond acceptors (Lipinski definition) is 5. The largest absolute Gasteiger partial charge is 0.351 e. The second kappa shape index (κ2) is 6.87. The summed E-state index contributed by atoms with van der Waals surface area (Å²) < 4.78 is 27.3. The van der Waals surface area contributed by atoms with Crippen LogP contribution in [0.1, 0.15) is 24.6 Å². The van der Waals surface area contributed by atoms with Gasteiger partial charge in [-0.2, -0.15) is 4.31 Å². The highest BCUT2D eigenvalue weighted by Gasteiger charge is 2.35. The number of nitrogens with one attached hydrogen (secondary N) is 2. The topological polar surface area (TPSA) is 78.5 Å². The lowest BCUT2D eigenvalue weighted by atomic mass is 10.2. The van der Waals surface area contributed by atoms with Crippen molar-refractivity contribution in [2.45, 2.75) is 36.6 Å². The number of hydrogen-bond donors (Lipinski definition) is 2. The van der Waals surface area contributed by atoms with Gasteiger partial charge in [-0.15, -0.1) is 11.3 Å². The number of rotatable bonds is 6. The monoisotopic (exact) mass is 331 g/mol. The van der Waals surface area contributed by atoms with E-state index in [1.54, 1.807) is 16.4 Å². The van der Waals surface area contributed by atoms with Gasteiger partial charge in [0.1, 0.15) is 4.21 Å². The quantitative estimate of drug-likeness (QED) is 0.806. The number of nitrogens with zero attached hydrogens (tertiary/aromatic N) is 1. The van der Waals surface area contributed by atoms with Crippen molar-refractivity contribution in [3.63, 3.8) is 0 Å². The maximum absolute atomic E-state index is 12.7. The number of sulfonamides is 1. The SMILES string of the molecule is CNC[C@@H]1CCCN1S(=O)(=O)c1ccc(CNC(C)=O)s1. The van der Waals surface area contributed by atoms with Crippen LogP contribution in [0.4, 0.5) is 0 Å². The van der Waals surface area contributed by atoms with Crippen molar-refractivity contribution in [2.75, 3.05) is 20.1 Å². The summed E-state index contributed by atoms with van der Waals surface area (Å²) in [5, 5.41) is 5.73. The standard InChI is InChI=1S/C13H21N3O3S2/c1-10(17)15-9-12-5-6-13(20-12)21(18,19)16-7-3-4-11(16)8-14-2/h5-6,11,14H,3-4,7-9H2,1-2H3,(H,15,17)/t11-/m0/s1. The minimum Gasteiger partial charge on any atom is -0.351 e. The first kappa shape index (κ1) is 16.4. The van der Waals surface area contributed by atoms with Crippen LogP contribution in [0.25, 0.3) is 0 Å². The summed E-state index contributed by atoms with van der Waals surface area (Å²) in [6.07, 6.45) is 1.79. The van der Waals surface area contributed by atoms with E-state index in [4.69, 9.17) is 0 Å². The van der Waals surface area contributed by atoms with Crippen molar-refractivity contribution in [2.24, 2.45) is 0 Å². The van der Waals surface area contributed by atoms with Crippen LogP contribution in [-0.2, 0) is 21.4 Å². The molecule has 2 heterocycles. The molecule has 0 spiro atoms. The second-order valence-corrected chi connectivity index (χ2v) is 8.39. The zero-order chi connectivity index (χ0) is 15.5. The van der Waals surface area contributed by atoms with Crippen molar-refractivity contribution in [1.29, 1.82) is 0 Å². The van der Waals surface area contributed by atoms with E-state index in [9.17, 15) is 13.2 Å². The molecule has 0 saturated carbocycles. The first-order valence-electron chi connectivity index (χ1n) is 6.94. The molecule has 1 aliphatic rings. The summed E-state index contributed by atoms with van der Waals surface area (Å²) in [7, 11) is -1.60. The van der Waals surface area contributed by atoms with Gasteiger partial charge in [0.25, 0.3) is 10.0 Å². The molecule has 1 saturated heterocycles. The lowest BCUT2D eigenvalue weighted by Crippen LogP contribution is -2.40. The van der Waals surface area contributed by atoms with Crippen LogP contribution in [0.2, 0.25) is 0 Å². The summed E-state index contributed by atoms with van der Waals surface area (Å²) in [5.41, 5.74) is 0. The Morgan fingerprint density at radius 2 is 2.24 bits per heavy atom. The van der Waals surface area contributed by atoms with E-state index in [0.717, 1.165) is 17.7 Å². The van der Waals surface area contributed by atoms with Gasteiger partial charge in [0.2, 0.25) is 5.91 Å². The van der Waals surface area contributed by atoms with Crippen molar-refractivity contribution in [3.8, 4) is 0 Å². The summed E-state index contributed by atoms with van der Waals surface area (Å²) in [6.45, 7) is 3.06. The highest BCUT2D eigenvalue weighted by molar-refractivity contribution is 7.91. The van der Waals surface area contributed by atoms with E-state index in [-0.39, 0.29) is 11.9 Å². The van der Waals surface area contributed by atoms with Gasteiger partial charge < -0.3 is 10.6 Å². The number of thiophene rings is 1. The predicted molar refractivity (Wildman–Crippen MR) is 82.7 cm³/mol. The highest BCUT2D eigenvalue weighted by atomic mass is 32.2. The van der Waals surface area contributed by atoms with Crippen LogP contribution < -0.4 is 10.6 Å². The first-order valence-corrected chi connectivity index (χ1v) is 9.20. The van der Waals surface area contributed by atoms with E-state index in [1.807, 2.05) is 7.05 Å². The number of likely N-dealkylation sites (N-methyl/N-ethyl adjacent to an activating group) is 1. The molecule has 0 radical (unpaired) electrons. The van der Waals surface area contributed by atoms with Crippen molar-refractivity contribution in [3.05, 3.63) is 17.0 Å². The van der Waals surface area contributed by atoms with Crippen LogP contribution in [0.15, 0.2) is 16.3 Å². The van der Waals surface area contributed by atoms with Crippen LogP contribution in [0.5, 0.6) is 0 Å². The van der Waals surface area contributed by atoms with Crippen LogP contribution in [-0.4, -0.2) is 44.8 Å². The number of carbonyl (C=O) groups excluding carboxylic acids is 1. The zero-order valence-corrected chi connectivity index (χ0v) is 13.9. The Balaban J connectivity index is 2.14. The van der Waals surface area contributed by atoms with Gasteiger partial charge in [0, 0.05) is 30.9 Å². The minimum atomic E-state index is -3.43. The molecule has 6 nitrogen and oxygen atoms in total. The molecule has 2 rings (SSSR count). The average molecular weight is 331 g/mol. The van der Waals surface area contributed by atoms with E-state index < -0.39 is 10.0 Å². The summed E-state index contributed by atoms with van der Waals surface area (Å²) in [4.78, 5) is 11.7. The van der Waals surface area contributed by atoms with Crippen molar-refractivity contribution < 1.29 is 13.2 Å². The molecule has 0 bridgehead atoms. The predicted octanol–water partition coefficient (Wildman–Crippen LogP) is 0.757. The van der Waals surface area contributed by atoms with Gasteiger partial charge in [0.05, 0.1) is 6.54 Å². The molecule has 1 amide bonds. The smallest absolute Gasteiger partial charge is 0.252 e. The molecular weight excluding hydrogens is 310 g/mol. The Morgan fingerprint density at radius 3 is 2.90 bits per heavy atom. The van der Waals surface area contributed by atoms with Crippen LogP contribution in [0.3, 0.4) is 0 Å². The molecule has 1 aliphatic heterocycles. The first-order chi connectivity index (χ1) is 9.95. The lowest BCUT2D eigenvalue weighted by molar-refractivity contribution is -0.119. The maximum atomic E-state index is 12.7. The lowest BCUT2D eigenvalue weighted by Gasteiger charge is -2.23. The third-order valence-corrected chi connectivity index (χ3v) is 6.98. The van der Waals surface area contributed by atoms with E-state index in [2.05, 4.69) is 10.6 Å². The molecule has 1 fully saturated rings. The number of carbonyl (C=O) groups is 1. The van der Waals surface area contributed by atoms with Gasteiger partial charge >= 0.3 is 0 Å².